The van der Waals surface area contributed by atoms with Gasteiger partial charge in [0.15, 0.2) is 0 Å². The largest absolute Gasteiger partial charge is 0.310 e. The van der Waals surface area contributed by atoms with Gasteiger partial charge in [-0.15, -0.1) is 0 Å². The van der Waals surface area contributed by atoms with Gasteiger partial charge in [0.25, 0.3) is 0 Å². The molecule has 1 aliphatic heterocycles. The lowest BCUT2D eigenvalue weighted by Crippen LogP contribution is -2.54. The highest BCUT2D eigenvalue weighted by Crippen LogP contribution is 2.64. The molecule has 4 nitrogen and oxygen atoms in total. The molecular weight excluding hydrogens is 777 g/mol. The Morgan fingerprint density at radius 1 is 0.500 bits per heavy atom. The average molecular weight is 825 g/mol. The molecule has 2 heterocycles. The highest BCUT2D eigenvalue weighted by atomic mass is 32.2. The maximum Gasteiger partial charge on any atom is 0.207 e. The normalized spacial score (nSPS) is 22.4. The van der Waals surface area contributed by atoms with Crippen molar-refractivity contribution >= 4 is 59.5 Å². The third kappa shape index (κ3) is 5.47. The molecule has 62 heavy (non-hydrogen) atoms. The van der Waals surface area contributed by atoms with E-state index < -0.39 is 9.84 Å². The van der Waals surface area contributed by atoms with Crippen LogP contribution in [-0.2, 0) is 15.3 Å². The van der Waals surface area contributed by atoms with Crippen LogP contribution in [0.25, 0.3) is 49.4 Å². The monoisotopic (exact) mass is 824 g/mol. The third-order valence-corrected chi connectivity index (χ3v) is 16.6. The summed E-state index contributed by atoms with van der Waals surface area (Å²) >= 11 is 0. The second kappa shape index (κ2) is 14.1. The number of fused-ring (bicyclic) bond motifs is 6. The van der Waals surface area contributed by atoms with Gasteiger partial charge in [0.1, 0.15) is 0 Å². The van der Waals surface area contributed by atoms with Crippen molar-refractivity contribution in [2.24, 2.45) is 23.7 Å². The fourth-order valence-corrected chi connectivity index (χ4v) is 14.3. The summed E-state index contributed by atoms with van der Waals surface area (Å²) < 4.78 is 32.4. The molecule has 2 bridgehead atoms. The Bertz CT molecular complexity index is 3240. The minimum Gasteiger partial charge on any atom is -0.310 e. The number of para-hydroxylation sites is 2. The Morgan fingerprint density at radius 3 is 1.68 bits per heavy atom. The first kappa shape index (κ1) is 37.3. The van der Waals surface area contributed by atoms with E-state index in [4.69, 9.17) is 0 Å². The van der Waals surface area contributed by atoms with Gasteiger partial charge in [-0.25, -0.2) is 8.42 Å². The lowest BCUT2D eigenvalue weighted by molar-refractivity contribution is 0.0231. The van der Waals surface area contributed by atoms with Crippen LogP contribution >= 0.6 is 0 Å². The van der Waals surface area contributed by atoms with Gasteiger partial charge >= 0.3 is 0 Å². The molecule has 8 aromatic carbocycles. The molecule has 9 aromatic rings. The standard InChI is InChI=1S/C57H48N2O2S/c1-37-32-42-34-38(2)35-43(33-37)57(42)50-17-7-10-21-55(50)62(60,61)56-36-46(30-31-51(56)57)58(52-20-11-13-41-12-3-4-14-47(41)52)44-26-22-39(23-27-44)40-24-28-45(29-25-40)59-53-18-8-5-15-48(53)49-16-6-9-19-54(49)59/h3-31,36-38,42-43H,32-35H2,1-2H3. The van der Waals surface area contributed by atoms with Crippen LogP contribution in [0.3, 0.4) is 0 Å². The predicted octanol–water partition coefficient (Wildman–Crippen LogP) is 14.6. The summed E-state index contributed by atoms with van der Waals surface area (Å²) in [5.41, 5.74) is 10.3. The predicted molar refractivity (Wildman–Crippen MR) is 255 cm³/mol. The summed E-state index contributed by atoms with van der Waals surface area (Å²) in [5.74, 6) is 2.02. The lowest BCUT2D eigenvalue weighted by Gasteiger charge is -2.59. The molecule has 304 valence electrons. The van der Waals surface area contributed by atoms with Crippen molar-refractivity contribution in [2.45, 2.75) is 54.7 Å². The Labute approximate surface area is 364 Å². The van der Waals surface area contributed by atoms with Crippen molar-refractivity contribution < 1.29 is 8.42 Å². The molecule has 0 amide bonds. The van der Waals surface area contributed by atoms with Gasteiger partial charge in [-0.1, -0.05) is 135 Å². The fraction of sp³-hybridized carbons (Fsp3) is 0.193. The number of sulfone groups is 1. The van der Waals surface area contributed by atoms with E-state index in [9.17, 15) is 0 Å². The van der Waals surface area contributed by atoms with E-state index >= 15 is 8.42 Å². The van der Waals surface area contributed by atoms with E-state index in [2.05, 4.69) is 187 Å². The smallest absolute Gasteiger partial charge is 0.207 e. The summed E-state index contributed by atoms with van der Waals surface area (Å²) in [6, 6.07) is 64.0. The molecule has 0 unspecified atom stereocenters. The molecule has 2 aliphatic carbocycles. The molecule has 2 fully saturated rings. The van der Waals surface area contributed by atoms with Crippen molar-refractivity contribution in [1.82, 2.24) is 4.57 Å². The number of hydrogen-bond donors (Lipinski definition) is 0. The first-order valence-electron chi connectivity index (χ1n) is 22.3. The first-order valence-corrected chi connectivity index (χ1v) is 23.7. The number of anilines is 3. The number of rotatable bonds is 5. The van der Waals surface area contributed by atoms with Gasteiger partial charge in [0, 0.05) is 38.6 Å². The Hall–Kier alpha value is -6.43. The van der Waals surface area contributed by atoms with Gasteiger partial charge in [-0.3, -0.25) is 0 Å². The van der Waals surface area contributed by atoms with E-state index in [1.54, 1.807) is 0 Å². The summed E-state index contributed by atoms with van der Waals surface area (Å²) in [7, 11) is -3.81. The topological polar surface area (TPSA) is 42.3 Å². The second-order valence-corrected chi connectivity index (χ2v) is 20.3. The number of nitrogens with zero attached hydrogens (tertiary/aromatic N) is 2. The van der Waals surface area contributed by atoms with Crippen LogP contribution in [0.15, 0.2) is 192 Å². The van der Waals surface area contributed by atoms with Crippen molar-refractivity contribution in [3.8, 4) is 16.8 Å². The van der Waals surface area contributed by atoms with Gasteiger partial charge in [-0.2, -0.15) is 0 Å². The van der Waals surface area contributed by atoms with Crippen LogP contribution in [0.1, 0.15) is 50.7 Å². The number of hydrogen-bond acceptors (Lipinski definition) is 3. The quantitative estimate of drug-likeness (QED) is 0.174. The molecular formula is C57H48N2O2S. The van der Waals surface area contributed by atoms with Gasteiger partial charge < -0.3 is 9.47 Å². The zero-order chi connectivity index (χ0) is 41.7. The minimum atomic E-state index is -3.81. The van der Waals surface area contributed by atoms with Crippen LogP contribution < -0.4 is 4.90 Å². The lowest BCUT2D eigenvalue weighted by atomic mass is 9.46. The minimum absolute atomic E-state index is 0.322. The summed E-state index contributed by atoms with van der Waals surface area (Å²) in [4.78, 5) is 3.22. The highest BCUT2D eigenvalue weighted by Gasteiger charge is 2.59. The molecule has 1 aromatic heterocycles. The van der Waals surface area contributed by atoms with Gasteiger partial charge in [0.05, 0.1) is 26.5 Å². The van der Waals surface area contributed by atoms with Crippen molar-refractivity contribution in [2.75, 3.05) is 4.90 Å². The van der Waals surface area contributed by atoms with Crippen LogP contribution in [0.4, 0.5) is 17.1 Å². The maximum atomic E-state index is 15.0. The van der Waals surface area contributed by atoms with E-state index in [0.29, 0.717) is 33.5 Å². The molecule has 12 rings (SSSR count). The third-order valence-electron chi connectivity index (χ3n) is 14.8. The molecule has 0 atom stereocenters. The van der Waals surface area contributed by atoms with E-state index in [1.165, 1.54) is 21.8 Å². The van der Waals surface area contributed by atoms with Crippen molar-refractivity contribution in [3.63, 3.8) is 0 Å². The fourth-order valence-electron chi connectivity index (χ4n) is 12.4. The van der Waals surface area contributed by atoms with E-state index in [-0.39, 0.29) is 5.41 Å². The Balaban J connectivity index is 0.984. The van der Waals surface area contributed by atoms with Gasteiger partial charge in [-0.05, 0) is 138 Å². The maximum absolute atomic E-state index is 15.0. The first-order chi connectivity index (χ1) is 30.3. The average Bonchev–Trinajstić information content (AvgIpc) is 3.63. The van der Waals surface area contributed by atoms with Crippen molar-refractivity contribution in [1.29, 1.82) is 0 Å². The number of benzene rings is 8. The SMILES string of the molecule is CC1CC2CC(C)CC(C1)C21c2ccccc2S(=O)(=O)c2cc(N(c3ccc(-c4ccc(-n5c6ccccc6c6ccccc65)cc4)cc3)c3cccc4ccccc34)ccc21. The zero-order valence-corrected chi connectivity index (χ0v) is 35.9. The molecule has 0 N–H and O–H groups in total. The molecule has 0 radical (unpaired) electrons. The number of aromatic nitrogens is 1. The highest BCUT2D eigenvalue weighted by molar-refractivity contribution is 7.91. The Morgan fingerprint density at radius 2 is 1.02 bits per heavy atom. The zero-order valence-electron chi connectivity index (χ0n) is 35.1. The summed E-state index contributed by atoms with van der Waals surface area (Å²) in [5, 5.41) is 4.74. The second-order valence-electron chi connectivity index (χ2n) is 18.4. The van der Waals surface area contributed by atoms with E-state index in [1.807, 2.05) is 18.2 Å². The molecule has 1 spiro atoms. The summed E-state index contributed by atoms with van der Waals surface area (Å²) in [6.07, 6.45) is 4.48. The van der Waals surface area contributed by atoms with Crippen LogP contribution in [-0.4, -0.2) is 13.0 Å². The van der Waals surface area contributed by atoms with Crippen molar-refractivity contribution in [3.05, 3.63) is 193 Å². The molecule has 2 saturated carbocycles. The molecule has 3 aliphatic rings. The van der Waals surface area contributed by atoms with E-state index in [0.717, 1.165) is 81.5 Å². The Kier molecular flexibility index (Phi) is 8.46. The van der Waals surface area contributed by atoms with Crippen LogP contribution in [0.2, 0.25) is 0 Å². The molecule has 0 saturated heterocycles. The molecule has 5 heteroatoms. The summed E-state index contributed by atoms with van der Waals surface area (Å²) in [6.45, 7) is 4.79. The van der Waals surface area contributed by atoms with Gasteiger partial charge in [0.2, 0.25) is 9.84 Å². The van der Waals surface area contributed by atoms with Crippen LogP contribution in [0, 0.1) is 23.7 Å². The van der Waals surface area contributed by atoms with Crippen LogP contribution in [0.5, 0.6) is 0 Å².